The van der Waals surface area contributed by atoms with Crippen LogP contribution in [-0.2, 0) is 9.84 Å². The average Bonchev–Trinajstić information content (AvgIpc) is 2.73. The minimum Gasteiger partial charge on any atom is -0.337 e. The van der Waals surface area contributed by atoms with Gasteiger partial charge in [0, 0.05) is 24.2 Å². The maximum Gasteiger partial charge on any atom is 0.256 e. The summed E-state index contributed by atoms with van der Waals surface area (Å²) in [5, 5.41) is -0.475. The second-order valence-electron chi connectivity index (χ2n) is 6.08. The molecule has 2 aromatic rings. The molecule has 1 unspecified atom stereocenters. The van der Waals surface area contributed by atoms with Crippen molar-refractivity contribution in [3.05, 3.63) is 70.2 Å². The topological polar surface area (TPSA) is 54.5 Å². The zero-order valence-electron chi connectivity index (χ0n) is 13.7. The lowest BCUT2D eigenvalue weighted by Gasteiger charge is -2.20. The third kappa shape index (κ3) is 3.73. The van der Waals surface area contributed by atoms with E-state index in [9.17, 15) is 22.0 Å². The lowest BCUT2D eigenvalue weighted by Crippen LogP contribution is -2.34. The van der Waals surface area contributed by atoms with E-state index in [4.69, 9.17) is 11.6 Å². The van der Waals surface area contributed by atoms with Crippen molar-refractivity contribution in [1.82, 2.24) is 4.90 Å². The molecule has 1 amide bonds. The summed E-state index contributed by atoms with van der Waals surface area (Å²) in [4.78, 5) is 13.8. The summed E-state index contributed by atoms with van der Waals surface area (Å²) in [6.07, 6.45) is 0.153. The third-order valence-electron chi connectivity index (χ3n) is 4.44. The monoisotopic (exact) mass is 399 g/mol. The molecule has 0 radical (unpaired) electrons. The number of rotatable bonds is 2. The number of halogens is 3. The van der Waals surface area contributed by atoms with Crippen LogP contribution in [0.2, 0.25) is 5.02 Å². The summed E-state index contributed by atoms with van der Waals surface area (Å²) in [5.74, 6) is -2.66. The normalized spacial score (nSPS) is 19.8. The third-order valence-corrected chi connectivity index (χ3v) is 6.89. The van der Waals surface area contributed by atoms with Gasteiger partial charge in [-0.15, -0.1) is 0 Å². The zero-order chi connectivity index (χ0) is 18.9. The van der Waals surface area contributed by atoms with Gasteiger partial charge in [0.25, 0.3) is 5.91 Å². The molecule has 0 spiro atoms. The molecule has 138 valence electrons. The van der Waals surface area contributed by atoms with Gasteiger partial charge in [0.15, 0.2) is 9.84 Å². The Morgan fingerprint density at radius 3 is 2.54 bits per heavy atom. The van der Waals surface area contributed by atoms with Gasteiger partial charge in [0.05, 0.1) is 16.6 Å². The molecule has 1 atom stereocenters. The van der Waals surface area contributed by atoms with Crippen LogP contribution >= 0.6 is 11.6 Å². The van der Waals surface area contributed by atoms with Gasteiger partial charge < -0.3 is 4.90 Å². The molecule has 4 nitrogen and oxygen atoms in total. The Morgan fingerprint density at radius 1 is 1.12 bits per heavy atom. The molecule has 0 aliphatic carbocycles. The number of hydrogen-bond acceptors (Lipinski definition) is 3. The fourth-order valence-corrected chi connectivity index (χ4v) is 5.21. The molecule has 0 N–H and O–H groups in total. The minimum absolute atomic E-state index is 0.0566. The number of hydrogen-bond donors (Lipinski definition) is 0. The average molecular weight is 400 g/mol. The molecule has 1 heterocycles. The lowest BCUT2D eigenvalue weighted by molar-refractivity contribution is 0.0762. The van der Waals surface area contributed by atoms with E-state index in [0.717, 1.165) is 12.1 Å². The first-order chi connectivity index (χ1) is 12.3. The second kappa shape index (κ2) is 7.32. The van der Waals surface area contributed by atoms with Gasteiger partial charge in [-0.2, -0.15) is 0 Å². The van der Waals surface area contributed by atoms with Crippen molar-refractivity contribution in [2.45, 2.75) is 11.7 Å². The summed E-state index contributed by atoms with van der Waals surface area (Å²) >= 11 is 6.14. The number of benzene rings is 2. The van der Waals surface area contributed by atoms with Crippen molar-refractivity contribution in [3.8, 4) is 0 Å². The maximum atomic E-state index is 13.9. The highest BCUT2D eigenvalue weighted by Gasteiger charge is 2.34. The molecule has 8 heteroatoms. The van der Waals surface area contributed by atoms with Gasteiger partial charge in [-0.1, -0.05) is 29.8 Å². The maximum absolute atomic E-state index is 13.9. The predicted molar refractivity (Wildman–Crippen MR) is 94.9 cm³/mol. The smallest absolute Gasteiger partial charge is 0.256 e. The molecule has 2 aromatic carbocycles. The Morgan fingerprint density at radius 2 is 1.85 bits per heavy atom. The number of carbonyl (C=O) groups is 1. The molecule has 1 aliphatic heterocycles. The summed E-state index contributed by atoms with van der Waals surface area (Å²) in [5.41, 5.74) is 0.219. The fraction of sp³-hybridized carbons (Fsp3) is 0.278. The van der Waals surface area contributed by atoms with Crippen LogP contribution in [-0.4, -0.2) is 38.1 Å². The summed E-state index contributed by atoms with van der Waals surface area (Å²) in [7, 11) is -3.53. The first-order valence-electron chi connectivity index (χ1n) is 8.00. The molecule has 3 rings (SSSR count). The van der Waals surface area contributed by atoms with E-state index in [1.54, 1.807) is 24.3 Å². The van der Waals surface area contributed by atoms with Crippen molar-refractivity contribution in [1.29, 1.82) is 0 Å². The first-order valence-corrected chi connectivity index (χ1v) is 10.1. The Kier molecular flexibility index (Phi) is 5.29. The highest BCUT2D eigenvalue weighted by molar-refractivity contribution is 7.91. The summed E-state index contributed by atoms with van der Waals surface area (Å²) in [6, 6.07) is 9.39. The Hall–Kier alpha value is -1.99. The van der Waals surface area contributed by atoms with E-state index in [0.29, 0.717) is 16.7 Å². The zero-order valence-corrected chi connectivity index (χ0v) is 15.2. The molecular weight excluding hydrogens is 384 g/mol. The van der Waals surface area contributed by atoms with Crippen molar-refractivity contribution < 1.29 is 22.0 Å². The number of amides is 1. The van der Waals surface area contributed by atoms with Crippen LogP contribution < -0.4 is 0 Å². The predicted octanol–water partition coefficient (Wildman–Crippen LogP) is 3.62. The Balaban J connectivity index is 1.87. The SMILES string of the molecule is O=C(c1ccc(F)cc1F)N1CCC(c2ccccc2Cl)S(=O)(=O)CC1. The largest absolute Gasteiger partial charge is 0.337 e. The van der Waals surface area contributed by atoms with Crippen LogP contribution in [0.3, 0.4) is 0 Å². The van der Waals surface area contributed by atoms with E-state index in [-0.39, 0.29) is 30.8 Å². The summed E-state index contributed by atoms with van der Waals surface area (Å²) in [6.45, 7) is 0.0731. The van der Waals surface area contributed by atoms with Gasteiger partial charge >= 0.3 is 0 Å². The molecule has 0 aromatic heterocycles. The highest BCUT2D eigenvalue weighted by atomic mass is 35.5. The minimum atomic E-state index is -3.53. The van der Waals surface area contributed by atoms with Gasteiger partial charge in [-0.3, -0.25) is 4.79 Å². The summed E-state index contributed by atoms with van der Waals surface area (Å²) < 4.78 is 52.2. The van der Waals surface area contributed by atoms with Crippen LogP contribution in [0.25, 0.3) is 0 Å². The Bertz CT molecular complexity index is 949. The van der Waals surface area contributed by atoms with Crippen molar-refractivity contribution in [3.63, 3.8) is 0 Å². The quantitative estimate of drug-likeness (QED) is 0.775. The molecule has 26 heavy (non-hydrogen) atoms. The standard InChI is InChI=1S/C18H16ClF2NO3S/c19-15-4-2-1-3-13(15)17-7-8-22(9-10-26(17,24)25)18(23)14-6-5-12(20)11-16(14)21/h1-6,11,17H,7-10H2. The van der Waals surface area contributed by atoms with E-state index in [1.807, 2.05) is 0 Å². The molecular formula is C18H16ClF2NO3S. The van der Waals surface area contributed by atoms with E-state index in [2.05, 4.69) is 0 Å². The highest BCUT2D eigenvalue weighted by Crippen LogP contribution is 2.34. The number of nitrogens with zero attached hydrogens (tertiary/aromatic N) is 1. The van der Waals surface area contributed by atoms with Gasteiger partial charge in [0.1, 0.15) is 11.6 Å². The molecule has 0 bridgehead atoms. The van der Waals surface area contributed by atoms with Crippen LogP contribution in [0.4, 0.5) is 8.78 Å². The molecule has 1 aliphatic rings. The van der Waals surface area contributed by atoms with Crippen molar-refractivity contribution >= 4 is 27.3 Å². The van der Waals surface area contributed by atoms with Crippen LogP contribution in [0.5, 0.6) is 0 Å². The van der Waals surface area contributed by atoms with Crippen LogP contribution in [0.1, 0.15) is 27.6 Å². The van der Waals surface area contributed by atoms with Crippen molar-refractivity contribution in [2.24, 2.45) is 0 Å². The first kappa shape index (κ1) is 18.8. The van der Waals surface area contributed by atoms with Crippen LogP contribution in [0, 0.1) is 11.6 Å². The van der Waals surface area contributed by atoms with E-state index in [1.165, 1.54) is 4.90 Å². The van der Waals surface area contributed by atoms with E-state index >= 15 is 0 Å². The van der Waals surface area contributed by atoms with Gasteiger partial charge in [-0.25, -0.2) is 17.2 Å². The van der Waals surface area contributed by atoms with Gasteiger partial charge in [0.2, 0.25) is 0 Å². The van der Waals surface area contributed by atoms with Gasteiger partial charge in [-0.05, 0) is 30.2 Å². The van der Waals surface area contributed by atoms with E-state index < -0.39 is 32.6 Å². The lowest BCUT2D eigenvalue weighted by atomic mass is 10.1. The molecule has 0 saturated carbocycles. The Labute approximate surface area is 155 Å². The second-order valence-corrected chi connectivity index (χ2v) is 8.79. The molecule has 1 saturated heterocycles. The number of sulfone groups is 1. The number of carbonyl (C=O) groups excluding carboxylic acids is 1. The fourth-order valence-electron chi connectivity index (χ4n) is 3.07. The molecule has 1 fully saturated rings. The van der Waals surface area contributed by atoms with Crippen LogP contribution in [0.15, 0.2) is 42.5 Å². The van der Waals surface area contributed by atoms with Crippen molar-refractivity contribution in [2.75, 3.05) is 18.8 Å².